The number of benzene rings is 2. The third kappa shape index (κ3) is 3.50. The molecule has 3 aromatic rings. The second-order valence-corrected chi connectivity index (χ2v) is 11.7. The quantitative estimate of drug-likeness (QED) is 0.572. The van der Waals surface area contributed by atoms with Crippen LogP contribution in [-0.2, 0) is 26.5 Å². The Labute approximate surface area is 188 Å². The Hall–Kier alpha value is -2.75. The van der Waals surface area contributed by atoms with Crippen LogP contribution in [0.3, 0.4) is 0 Å². The molecular formula is C23H23N3O4S2. The van der Waals surface area contributed by atoms with Crippen molar-refractivity contribution >= 4 is 25.9 Å². The molecule has 166 valence electrons. The van der Waals surface area contributed by atoms with Gasteiger partial charge < -0.3 is 0 Å². The fourth-order valence-corrected chi connectivity index (χ4v) is 7.36. The second kappa shape index (κ2) is 7.99. The molecule has 3 heterocycles. The van der Waals surface area contributed by atoms with Gasteiger partial charge in [0.2, 0.25) is 10.0 Å². The molecule has 5 rings (SSSR count). The number of anilines is 1. The first kappa shape index (κ1) is 21.1. The van der Waals surface area contributed by atoms with Crippen LogP contribution in [0.1, 0.15) is 18.4 Å². The molecular weight excluding hydrogens is 446 g/mol. The van der Waals surface area contributed by atoms with Crippen LogP contribution in [0.2, 0.25) is 0 Å². The normalized spacial score (nSPS) is 16.9. The van der Waals surface area contributed by atoms with E-state index < -0.39 is 20.0 Å². The summed E-state index contributed by atoms with van der Waals surface area (Å²) in [5, 5.41) is 0. The van der Waals surface area contributed by atoms with Crippen LogP contribution in [0, 0.1) is 0 Å². The zero-order valence-electron chi connectivity index (χ0n) is 17.4. The van der Waals surface area contributed by atoms with Crippen LogP contribution in [0.5, 0.6) is 0 Å². The monoisotopic (exact) mass is 469 g/mol. The lowest BCUT2D eigenvalue weighted by atomic mass is 10.0. The van der Waals surface area contributed by atoms with Crippen molar-refractivity contribution in [2.24, 2.45) is 0 Å². The zero-order valence-corrected chi connectivity index (χ0v) is 19.0. The Kier molecular flexibility index (Phi) is 5.27. The van der Waals surface area contributed by atoms with Gasteiger partial charge in [0.05, 0.1) is 9.79 Å². The molecule has 9 heteroatoms. The van der Waals surface area contributed by atoms with Gasteiger partial charge in [-0.3, -0.25) is 0 Å². The summed E-state index contributed by atoms with van der Waals surface area (Å²) >= 11 is 0. The molecule has 32 heavy (non-hydrogen) atoms. The fraction of sp³-hybridized carbons (Fsp3) is 0.261. The topological polar surface area (TPSA) is 87.6 Å². The summed E-state index contributed by atoms with van der Waals surface area (Å²) in [6, 6.07) is 17.0. The number of pyridine rings is 1. The molecule has 2 aromatic carbocycles. The molecule has 0 spiro atoms. The molecule has 0 bridgehead atoms. The van der Waals surface area contributed by atoms with Crippen molar-refractivity contribution in [3.05, 3.63) is 72.4 Å². The van der Waals surface area contributed by atoms with Crippen LogP contribution >= 0.6 is 0 Å². The average Bonchev–Trinajstić information content (AvgIpc) is 3.50. The van der Waals surface area contributed by atoms with Crippen molar-refractivity contribution in [1.29, 1.82) is 0 Å². The SMILES string of the molecule is O=S(=O)(c1ccc(-c2ccnc3c2CCN3S(=O)(=O)c2ccccc2)cc1)N1CCCC1. The first-order valence-electron chi connectivity index (χ1n) is 10.6. The molecule has 1 fully saturated rings. The number of hydrogen-bond acceptors (Lipinski definition) is 5. The first-order valence-corrected chi connectivity index (χ1v) is 13.4. The summed E-state index contributed by atoms with van der Waals surface area (Å²) in [6.07, 6.45) is 3.92. The Morgan fingerprint density at radius 1 is 0.719 bits per heavy atom. The third-order valence-electron chi connectivity index (χ3n) is 6.03. The molecule has 0 N–H and O–H groups in total. The molecule has 0 amide bonds. The number of rotatable bonds is 5. The zero-order chi connectivity index (χ0) is 22.3. The largest absolute Gasteiger partial charge is 0.265 e. The van der Waals surface area contributed by atoms with Crippen LogP contribution in [0.25, 0.3) is 11.1 Å². The maximum absolute atomic E-state index is 13.1. The van der Waals surface area contributed by atoms with Crippen LogP contribution < -0.4 is 4.31 Å². The lowest BCUT2D eigenvalue weighted by Gasteiger charge is -2.19. The number of nitrogens with zero attached hydrogens (tertiary/aromatic N) is 3. The van der Waals surface area contributed by atoms with Crippen LogP contribution in [0.4, 0.5) is 5.82 Å². The van der Waals surface area contributed by atoms with Gasteiger partial charge >= 0.3 is 0 Å². The summed E-state index contributed by atoms with van der Waals surface area (Å²) in [5.74, 6) is 0.431. The molecule has 0 radical (unpaired) electrons. The molecule has 1 aromatic heterocycles. The summed E-state index contributed by atoms with van der Waals surface area (Å²) in [7, 11) is -7.18. The van der Waals surface area contributed by atoms with E-state index in [1.165, 1.54) is 8.61 Å². The van der Waals surface area contributed by atoms with E-state index in [1.54, 1.807) is 60.8 Å². The van der Waals surface area contributed by atoms with Gasteiger partial charge in [-0.25, -0.2) is 26.1 Å². The van der Waals surface area contributed by atoms with Gasteiger partial charge in [-0.2, -0.15) is 4.31 Å². The third-order valence-corrected chi connectivity index (χ3v) is 9.75. The molecule has 0 saturated carbocycles. The highest BCUT2D eigenvalue weighted by molar-refractivity contribution is 7.92. The van der Waals surface area contributed by atoms with Crippen molar-refractivity contribution < 1.29 is 16.8 Å². The number of hydrogen-bond donors (Lipinski definition) is 0. The smallest absolute Gasteiger partial charge is 0.249 e. The van der Waals surface area contributed by atoms with Gasteiger partial charge in [-0.05, 0) is 60.7 Å². The fourth-order valence-electron chi connectivity index (χ4n) is 4.37. The summed E-state index contributed by atoms with van der Waals surface area (Å²) < 4.78 is 54.8. The molecule has 7 nitrogen and oxygen atoms in total. The molecule has 2 aliphatic rings. The van der Waals surface area contributed by atoms with E-state index in [-0.39, 0.29) is 9.79 Å². The lowest BCUT2D eigenvalue weighted by Crippen LogP contribution is -2.29. The highest BCUT2D eigenvalue weighted by atomic mass is 32.2. The molecule has 0 atom stereocenters. The predicted molar refractivity (Wildman–Crippen MR) is 122 cm³/mol. The maximum atomic E-state index is 13.1. The number of sulfonamides is 2. The standard InChI is InChI=1S/C23H23N3O4S2/c27-31(28,25-15-4-5-16-25)20-10-8-18(9-11-20)21-12-14-24-23-22(21)13-17-26(23)32(29,30)19-6-2-1-3-7-19/h1-3,6-12,14H,4-5,13,15-17H2. The summed E-state index contributed by atoms with van der Waals surface area (Å²) in [6.45, 7) is 1.44. The minimum atomic E-state index is -3.70. The minimum Gasteiger partial charge on any atom is -0.249 e. The first-order chi connectivity index (χ1) is 15.4. The Bertz CT molecular complexity index is 1350. The van der Waals surface area contributed by atoms with Crippen LogP contribution in [-0.4, -0.2) is 45.8 Å². The summed E-state index contributed by atoms with van der Waals surface area (Å²) in [4.78, 5) is 4.88. The van der Waals surface area contributed by atoms with Gasteiger partial charge in [0.1, 0.15) is 5.82 Å². The van der Waals surface area contributed by atoms with E-state index in [0.29, 0.717) is 31.9 Å². The van der Waals surface area contributed by atoms with Crippen molar-refractivity contribution in [2.45, 2.75) is 29.1 Å². The van der Waals surface area contributed by atoms with Crippen molar-refractivity contribution in [3.63, 3.8) is 0 Å². The molecule has 0 unspecified atom stereocenters. The van der Waals surface area contributed by atoms with Crippen molar-refractivity contribution in [2.75, 3.05) is 23.9 Å². The lowest BCUT2D eigenvalue weighted by molar-refractivity contribution is 0.477. The Balaban J connectivity index is 1.48. The van der Waals surface area contributed by atoms with Crippen LogP contribution in [0.15, 0.2) is 76.7 Å². The van der Waals surface area contributed by atoms with Gasteiger partial charge in [-0.1, -0.05) is 30.3 Å². The van der Waals surface area contributed by atoms with E-state index in [4.69, 9.17) is 0 Å². The summed E-state index contributed by atoms with van der Waals surface area (Å²) in [5.41, 5.74) is 2.55. The van der Waals surface area contributed by atoms with Gasteiger partial charge in [-0.15, -0.1) is 0 Å². The van der Waals surface area contributed by atoms with Gasteiger partial charge in [0, 0.05) is 31.4 Å². The van der Waals surface area contributed by atoms with E-state index in [1.807, 2.05) is 6.07 Å². The average molecular weight is 470 g/mol. The molecule has 0 aliphatic carbocycles. The van der Waals surface area contributed by atoms with E-state index >= 15 is 0 Å². The van der Waals surface area contributed by atoms with Crippen molar-refractivity contribution in [3.8, 4) is 11.1 Å². The highest BCUT2D eigenvalue weighted by Crippen LogP contribution is 2.37. The molecule has 2 aliphatic heterocycles. The molecule has 1 saturated heterocycles. The highest BCUT2D eigenvalue weighted by Gasteiger charge is 2.33. The van der Waals surface area contributed by atoms with E-state index in [9.17, 15) is 16.8 Å². The minimum absolute atomic E-state index is 0.233. The Morgan fingerprint density at radius 3 is 2.06 bits per heavy atom. The number of fused-ring (bicyclic) bond motifs is 1. The number of aromatic nitrogens is 1. The second-order valence-electron chi connectivity index (χ2n) is 7.94. The maximum Gasteiger partial charge on any atom is 0.265 e. The van der Waals surface area contributed by atoms with Gasteiger partial charge in [0.15, 0.2) is 0 Å². The van der Waals surface area contributed by atoms with Gasteiger partial charge in [0.25, 0.3) is 10.0 Å². The van der Waals surface area contributed by atoms with Crippen molar-refractivity contribution in [1.82, 2.24) is 9.29 Å². The van der Waals surface area contributed by atoms with E-state index in [2.05, 4.69) is 4.98 Å². The Morgan fingerprint density at radius 2 is 1.38 bits per heavy atom. The predicted octanol–water partition coefficient (Wildman–Crippen LogP) is 3.28. The van der Waals surface area contributed by atoms with E-state index in [0.717, 1.165) is 29.5 Å².